The minimum Gasteiger partial charge on any atom is -0.494 e. The Morgan fingerprint density at radius 3 is 2.10 bits per heavy atom. The number of benzene rings is 3. The largest absolute Gasteiger partial charge is 0.494 e. The first kappa shape index (κ1) is 38.1. The number of amides is 1. The molecule has 0 fully saturated rings. The Hall–Kier alpha value is -6.40. The first-order valence-corrected chi connectivity index (χ1v) is 13.6. The van der Waals surface area contributed by atoms with Crippen LogP contribution in [0.3, 0.4) is 0 Å². The van der Waals surface area contributed by atoms with E-state index in [9.17, 15) is 35.5 Å². The molecule has 5 aromatic rings. The monoisotopic (exact) mass is 710 g/mol. The summed E-state index contributed by atoms with van der Waals surface area (Å²) in [4.78, 5) is 41.7. The number of anilines is 2. The molecule has 3 aromatic carbocycles. The molecule has 8 N–H and O–H groups in total. The average molecular weight is 711 g/mol. The summed E-state index contributed by atoms with van der Waals surface area (Å²) >= 11 is 0. The number of pyridine rings is 1. The van der Waals surface area contributed by atoms with Gasteiger partial charge in [-0.2, -0.15) is 26.3 Å². The fourth-order valence-corrected chi connectivity index (χ4v) is 4.18. The van der Waals surface area contributed by atoms with Crippen molar-refractivity contribution < 1.29 is 60.1 Å². The van der Waals surface area contributed by atoms with Crippen LogP contribution in [0.4, 0.5) is 42.2 Å². The molecule has 0 spiro atoms. The smallest absolute Gasteiger partial charge is 0.490 e. The zero-order chi connectivity index (χ0) is 37.4. The van der Waals surface area contributed by atoms with Crippen LogP contribution in [0.25, 0.3) is 22.0 Å². The lowest BCUT2D eigenvalue weighted by Gasteiger charge is -2.20. The van der Waals surface area contributed by atoms with Gasteiger partial charge >= 0.3 is 24.3 Å². The van der Waals surface area contributed by atoms with E-state index in [1.54, 1.807) is 42.7 Å². The molecule has 1 unspecified atom stereocenters. The molecule has 0 aliphatic heterocycles. The molecule has 2 aromatic heterocycles. The summed E-state index contributed by atoms with van der Waals surface area (Å²) in [7, 11) is 1.41. The van der Waals surface area contributed by atoms with Crippen LogP contribution in [0.1, 0.15) is 27.8 Å². The van der Waals surface area contributed by atoms with Gasteiger partial charge in [0.1, 0.15) is 17.7 Å². The van der Waals surface area contributed by atoms with Crippen molar-refractivity contribution in [2.75, 3.05) is 18.2 Å². The molecule has 0 saturated heterocycles. The van der Waals surface area contributed by atoms with Crippen LogP contribution in [0, 0.1) is 5.82 Å². The van der Waals surface area contributed by atoms with E-state index in [1.165, 1.54) is 13.2 Å². The third kappa shape index (κ3) is 9.81. The Morgan fingerprint density at radius 1 is 0.900 bits per heavy atom. The second-order valence-corrected chi connectivity index (χ2v) is 9.80. The number of carbonyl (C=O) groups is 3. The highest BCUT2D eigenvalue weighted by Crippen LogP contribution is 2.32. The number of fused-ring (bicyclic) bond motifs is 1. The van der Waals surface area contributed by atoms with Gasteiger partial charge in [-0.15, -0.1) is 0 Å². The fraction of sp³-hybridized carbons (Fsp3) is 0.129. The number of aromatic nitrogens is 3. The van der Waals surface area contributed by atoms with Crippen molar-refractivity contribution in [1.82, 2.24) is 15.0 Å². The third-order valence-corrected chi connectivity index (χ3v) is 6.45. The van der Waals surface area contributed by atoms with E-state index in [0.717, 1.165) is 16.5 Å². The number of carboxylic acids is 2. The van der Waals surface area contributed by atoms with Gasteiger partial charge in [0.25, 0.3) is 0 Å². The molecule has 0 saturated carbocycles. The van der Waals surface area contributed by atoms with Gasteiger partial charge in [-0.05, 0) is 53.4 Å². The Morgan fingerprint density at radius 2 is 1.52 bits per heavy atom. The highest BCUT2D eigenvalue weighted by atomic mass is 19.4. The van der Waals surface area contributed by atoms with Crippen molar-refractivity contribution in [3.8, 4) is 17.0 Å². The van der Waals surface area contributed by atoms with Gasteiger partial charge < -0.3 is 36.7 Å². The quantitative estimate of drug-likeness (QED) is 0.110. The van der Waals surface area contributed by atoms with Crippen molar-refractivity contribution in [3.63, 3.8) is 0 Å². The molecule has 264 valence electrons. The molecular formula is C31H25F7N6O6. The van der Waals surface area contributed by atoms with Crippen molar-refractivity contribution in [1.29, 1.82) is 0 Å². The SMILES string of the molecule is COc1cc(C(Nc2ccc3c(N)nccc3c2)c2ncc(-c3ccccc3C(N)=O)[nH]2)ccc1F.O=C(O)C(F)(F)F.O=C(O)C(F)(F)F. The number of carbonyl (C=O) groups excluding carboxylic acids is 1. The summed E-state index contributed by atoms with van der Waals surface area (Å²) in [6.07, 6.45) is -6.88. The summed E-state index contributed by atoms with van der Waals surface area (Å²) < 4.78 is 82.9. The number of nitrogens with two attached hydrogens (primary N) is 2. The number of primary amides is 1. The van der Waals surface area contributed by atoms with Crippen LogP contribution < -0.4 is 21.5 Å². The van der Waals surface area contributed by atoms with Gasteiger partial charge in [0.05, 0.1) is 19.0 Å². The van der Waals surface area contributed by atoms with Crippen LogP contribution in [-0.2, 0) is 9.59 Å². The van der Waals surface area contributed by atoms with Gasteiger partial charge in [-0.3, -0.25) is 4.79 Å². The number of methoxy groups -OCH3 is 1. The van der Waals surface area contributed by atoms with E-state index in [1.807, 2.05) is 30.3 Å². The lowest BCUT2D eigenvalue weighted by Crippen LogP contribution is -2.21. The number of hydrogen-bond donors (Lipinski definition) is 6. The van der Waals surface area contributed by atoms with Crippen LogP contribution in [0.5, 0.6) is 5.75 Å². The minimum absolute atomic E-state index is 0.113. The molecule has 0 aliphatic rings. The average Bonchev–Trinajstić information content (AvgIpc) is 3.54. The fourth-order valence-electron chi connectivity index (χ4n) is 4.18. The molecule has 2 heterocycles. The number of carboxylic acid groups (broad SMARTS) is 2. The third-order valence-electron chi connectivity index (χ3n) is 6.45. The van der Waals surface area contributed by atoms with E-state index < -0.39 is 42.1 Å². The molecule has 0 radical (unpaired) electrons. The summed E-state index contributed by atoms with van der Waals surface area (Å²) in [5.74, 6) is -5.41. The maximum Gasteiger partial charge on any atom is 0.490 e. The molecule has 1 amide bonds. The van der Waals surface area contributed by atoms with E-state index in [4.69, 9.17) is 36.0 Å². The van der Waals surface area contributed by atoms with E-state index in [2.05, 4.69) is 20.3 Å². The van der Waals surface area contributed by atoms with E-state index in [0.29, 0.717) is 34.0 Å². The second-order valence-electron chi connectivity index (χ2n) is 9.80. The maximum absolute atomic E-state index is 14.2. The van der Waals surface area contributed by atoms with E-state index >= 15 is 0 Å². The minimum atomic E-state index is -5.08. The molecule has 12 nitrogen and oxygen atoms in total. The van der Waals surface area contributed by atoms with Crippen molar-refractivity contribution >= 4 is 40.1 Å². The van der Waals surface area contributed by atoms with Gasteiger partial charge in [0, 0.05) is 28.4 Å². The summed E-state index contributed by atoms with van der Waals surface area (Å²) in [6.45, 7) is 0. The molecule has 19 heteroatoms. The summed E-state index contributed by atoms with van der Waals surface area (Å²) in [6, 6.07) is 18.7. The topological polar surface area (TPSA) is 207 Å². The van der Waals surface area contributed by atoms with Gasteiger partial charge in [-0.1, -0.05) is 24.3 Å². The molecule has 0 aliphatic carbocycles. The van der Waals surface area contributed by atoms with Crippen LogP contribution >= 0.6 is 0 Å². The molecule has 50 heavy (non-hydrogen) atoms. The van der Waals surface area contributed by atoms with Crippen LogP contribution in [0.2, 0.25) is 0 Å². The molecular weight excluding hydrogens is 685 g/mol. The number of nitrogens with one attached hydrogen (secondary N) is 2. The van der Waals surface area contributed by atoms with Gasteiger partial charge in [0.2, 0.25) is 5.91 Å². The first-order valence-electron chi connectivity index (χ1n) is 13.6. The maximum atomic E-state index is 14.2. The highest BCUT2D eigenvalue weighted by Gasteiger charge is 2.38. The number of rotatable bonds is 7. The summed E-state index contributed by atoms with van der Waals surface area (Å²) in [5, 5.41) is 19.5. The standard InChI is InChI=1S/C27H23FN6O2.2C2HF3O2/c1-36-23-13-16(6-9-21(23)28)24(33-17-7-8-18-15(12-17)10-11-31-25(18)29)27-32-14-22(34-27)19-4-2-3-5-20(19)26(30)35;2*3-2(4,5)1(6)7/h2-14,24,33H,1H3,(H2,29,31)(H2,30,35)(H,32,34);2*(H,6,7). The number of imidazole rings is 1. The zero-order valence-electron chi connectivity index (χ0n) is 25.3. The number of nitrogens with zero attached hydrogens (tertiary/aromatic N) is 2. The van der Waals surface area contributed by atoms with Gasteiger partial charge in [0.15, 0.2) is 11.6 Å². The predicted molar refractivity (Wildman–Crippen MR) is 164 cm³/mol. The number of halogens is 7. The number of nitrogen functional groups attached to an aromatic ring is 1. The van der Waals surface area contributed by atoms with Crippen LogP contribution in [0.15, 0.2) is 79.1 Å². The van der Waals surface area contributed by atoms with Crippen molar-refractivity contribution in [3.05, 3.63) is 102 Å². The molecule has 5 rings (SSSR count). The van der Waals surface area contributed by atoms with Crippen molar-refractivity contribution in [2.24, 2.45) is 5.73 Å². The first-order chi connectivity index (χ1) is 23.3. The molecule has 0 bridgehead atoms. The number of ether oxygens (including phenoxy) is 1. The number of aliphatic carboxylic acids is 2. The van der Waals surface area contributed by atoms with Crippen molar-refractivity contribution in [2.45, 2.75) is 18.4 Å². The highest BCUT2D eigenvalue weighted by molar-refractivity contribution is 5.99. The lowest BCUT2D eigenvalue weighted by molar-refractivity contribution is -0.193. The Bertz CT molecular complexity index is 1980. The normalized spacial score (nSPS) is 11.7. The number of hydrogen-bond acceptors (Lipinski definition) is 8. The molecule has 1 atom stereocenters. The Kier molecular flexibility index (Phi) is 11.9. The van der Waals surface area contributed by atoms with E-state index in [-0.39, 0.29) is 5.75 Å². The lowest BCUT2D eigenvalue weighted by atomic mass is 10.0. The number of aromatic amines is 1. The second kappa shape index (κ2) is 15.7. The summed E-state index contributed by atoms with van der Waals surface area (Å²) in [5.41, 5.74) is 14.7. The van der Waals surface area contributed by atoms with Gasteiger partial charge in [-0.25, -0.2) is 23.9 Å². The number of H-pyrrole nitrogens is 1. The zero-order valence-corrected chi connectivity index (χ0v) is 25.3. The number of alkyl halides is 6. The Balaban J connectivity index is 0.000000408. The predicted octanol–water partition coefficient (Wildman–Crippen LogP) is 5.92. The Labute approximate surface area is 276 Å². The van der Waals surface area contributed by atoms with Crippen LogP contribution in [-0.4, -0.2) is 62.5 Å².